The van der Waals surface area contributed by atoms with E-state index in [1.807, 2.05) is 37.3 Å². The van der Waals surface area contributed by atoms with E-state index in [0.29, 0.717) is 17.9 Å². The van der Waals surface area contributed by atoms with E-state index in [2.05, 4.69) is 31.3 Å². The molecular formula is C25H26N2O3S. The highest BCUT2D eigenvalue weighted by Gasteiger charge is 2.33. The Hall–Kier alpha value is -2.99. The number of pyridine rings is 1. The monoisotopic (exact) mass is 434 g/mol. The van der Waals surface area contributed by atoms with Gasteiger partial charge in [0, 0.05) is 29.5 Å². The number of hydrogen-bond acceptors (Lipinski definition) is 4. The molecule has 1 N–H and O–H groups in total. The first-order valence-corrected chi connectivity index (χ1v) is 11.3. The van der Waals surface area contributed by atoms with Crippen molar-refractivity contribution in [2.75, 3.05) is 18.2 Å². The van der Waals surface area contributed by atoms with Crippen molar-refractivity contribution in [3.63, 3.8) is 0 Å². The standard InChI is InChI=1S/C25H26N2O3S/c1-15-8-10-20(11-9-15)26-24(29)21-14-31-25-23(30-4)19(13-22(28)27(21)25)12-18-7-5-6-16(2)17(18)3/h5-11,13,21H,12,14H2,1-4H3,(H,26,29). The highest BCUT2D eigenvalue weighted by molar-refractivity contribution is 7.99. The zero-order valence-electron chi connectivity index (χ0n) is 18.2. The molecule has 6 heteroatoms. The summed E-state index contributed by atoms with van der Waals surface area (Å²) in [5.41, 5.74) is 6.12. The second kappa shape index (κ2) is 8.63. The van der Waals surface area contributed by atoms with Crippen LogP contribution in [0.5, 0.6) is 5.75 Å². The smallest absolute Gasteiger partial charge is 0.252 e. The summed E-state index contributed by atoms with van der Waals surface area (Å²) in [7, 11) is 1.62. The summed E-state index contributed by atoms with van der Waals surface area (Å²) in [5, 5.41) is 3.65. The molecule has 1 unspecified atom stereocenters. The Bertz CT molecular complexity index is 1200. The van der Waals surface area contributed by atoms with Crippen LogP contribution < -0.4 is 15.6 Å². The summed E-state index contributed by atoms with van der Waals surface area (Å²) in [4.78, 5) is 26.0. The van der Waals surface area contributed by atoms with Crippen LogP contribution in [0.3, 0.4) is 0 Å². The van der Waals surface area contributed by atoms with E-state index in [-0.39, 0.29) is 11.5 Å². The molecule has 0 aliphatic carbocycles. The molecule has 0 saturated carbocycles. The maximum atomic E-state index is 13.1. The van der Waals surface area contributed by atoms with Gasteiger partial charge in [0.05, 0.1) is 7.11 Å². The highest BCUT2D eigenvalue weighted by Crippen LogP contribution is 2.41. The molecular weight excluding hydrogens is 408 g/mol. The fraction of sp³-hybridized carbons (Fsp3) is 0.280. The summed E-state index contributed by atoms with van der Waals surface area (Å²) < 4.78 is 7.30. The number of hydrogen-bond donors (Lipinski definition) is 1. The van der Waals surface area contributed by atoms with Crippen LogP contribution in [0.2, 0.25) is 0 Å². The third-order valence-electron chi connectivity index (χ3n) is 5.85. The number of amides is 1. The van der Waals surface area contributed by atoms with Crippen LogP contribution in [0, 0.1) is 20.8 Å². The quantitative estimate of drug-likeness (QED) is 0.635. The zero-order valence-corrected chi connectivity index (χ0v) is 19.0. The van der Waals surface area contributed by atoms with Gasteiger partial charge in [-0.3, -0.25) is 14.2 Å². The topological polar surface area (TPSA) is 60.3 Å². The summed E-state index contributed by atoms with van der Waals surface area (Å²) >= 11 is 1.49. The number of rotatable bonds is 5. The SMILES string of the molecule is COc1c(Cc2cccc(C)c2C)cc(=O)n2c1SCC2C(=O)Nc1ccc(C)cc1. The third kappa shape index (κ3) is 4.12. The predicted octanol–water partition coefficient (Wildman–Crippen LogP) is 4.66. The van der Waals surface area contributed by atoms with Crippen molar-refractivity contribution in [3.05, 3.63) is 86.7 Å². The Balaban J connectivity index is 1.66. The second-order valence-electron chi connectivity index (χ2n) is 7.93. The van der Waals surface area contributed by atoms with E-state index in [0.717, 1.165) is 21.8 Å². The van der Waals surface area contributed by atoms with E-state index >= 15 is 0 Å². The predicted molar refractivity (Wildman–Crippen MR) is 126 cm³/mol. The number of fused-ring (bicyclic) bond motifs is 1. The van der Waals surface area contributed by atoms with Crippen molar-refractivity contribution in [1.82, 2.24) is 4.57 Å². The minimum atomic E-state index is -0.572. The van der Waals surface area contributed by atoms with Gasteiger partial charge in [-0.15, -0.1) is 11.8 Å². The molecule has 1 aliphatic rings. The van der Waals surface area contributed by atoms with Gasteiger partial charge in [0.15, 0.2) is 5.75 Å². The largest absolute Gasteiger partial charge is 0.494 e. The summed E-state index contributed by atoms with van der Waals surface area (Å²) in [6.45, 7) is 6.18. The van der Waals surface area contributed by atoms with Crippen molar-refractivity contribution in [3.8, 4) is 5.75 Å². The number of aromatic nitrogens is 1. The number of nitrogens with zero attached hydrogens (tertiary/aromatic N) is 1. The van der Waals surface area contributed by atoms with Crippen LogP contribution in [0.4, 0.5) is 5.69 Å². The minimum absolute atomic E-state index is 0.176. The van der Waals surface area contributed by atoms with E-state index < -0.39 is 6.04 Å². The number of carbonyl (C=O) groups is 1. The Morgan fingerprint density at radius 2 is 1.87 bits per heavy atom. The van der Waals surface area contributed by atoms with Crippen LogP contribution in [-0.4, -0.2) is 23.3 Å². The minimum Gasteiger partial charge on any atom is -0.494 e. The van der Waals surface area contributed by atoms with E-state index in [1.54, 1.807) is 17.7 Å². The van der Waals surface area contributed by atoms with Crippen LogP contribution in [-0.2, 0) is 11.2 Å². The lowest BCUT2D eigenvalue weighted by Crippen LogP contribution is -2.32. The first-order valence-electron chi connectivity index (χ1n) is 10.3. The number of anilines is 1. The average molecular weight is 435 g/mol. The molecule has 4 rings (SSSR count). The van der Waals surface area contributed by atoms with Gasteiger partial charge in [0.1, 0.15) is 11.1 Å². The van der Waals surface area contributed by atoms with E-state index in [1.165, 1.54) is 28.5 Å². The fourth-order valence-electron chi connectivity index (χ4n) is 3.91. The van der Waals surface area contributed by atoms with Crippen LogP contribution >= 0.6 is 11.8 Å². The maximum absolute atomic E-state index is 13.1. The number of aryl methyl sites for hydroxylation is 2. The molecule has 0 radical (unpaired) electrons. The van der Waals surface area contributed by atoms with Gasteiger partial charge in [-0.05, 0) is 49.6 Å². The first kappa shape index (κ1) is 21.2. The highest BCUT2D eigenvalue weighted by atomic mass is 32.2. The van der Waals surface area contributed by atoms with Crippen molar-refractivity contribution in [2.45, 2.75) is 38.3 Å². The van der Waals surface area contributed by atoms with E-state index in [4.69, 9.17) is 4.74 Å². The molecule has 5 nitrogen and oxygen atoms in total. The molecule has 1 amide bonds. The van der Waals surface area contributed by atoms with Gasteiger partial charge in [-0.25, -0.2) is 0 Å². The van der Waals surface area contributed by atoms with Crippen LogP contribution in [0.25, 0.3) is 0 Å². The number of thioether (sulfide) groups is 1. The lowest BCUT2D eigenvalue weighted by molar-refractivity contribution is -0.118. The average Bonchev–Trinajstić information content (AvgIpc) is 3.19. The van der Waals surface area contributed by atoms with Crippen molar-refractivity contribution < 1.29 is 9.53 Å². The van der Waals surface area contributed by atoms with Gasteiger partial charge < -0.3 is 10.1 Å². The van der Waals surface area contributed by atoms with Crippen molar-refractivity contribution in [2.24, 2.45) is 0 Å². The Kier molecular flexibility index (Phi) is 5.92. The van der Waals surface area contributed by atoms with Gasteiger partial charge in [-0.1, -0.05) is 35.9 Å². The number of methoxy groups -OCH3 is 1. The van der Waals surface area contributed by atoms with Crippen LogP contribution in [0.15, 0.2) is 58.4 Å². The van der Waals surface area contributed by atoms with Gasteiger partial charge in [0.25, 0.3) is 5.56 Å². The molecule has 2 aromatic carbocycles. The first-order chi connectivity index (χ1) is 14.9. The lowest BCUT2D eigenvalue weighted by atomic mass is 9.97. The van der Waals surface area contributed by atoms with Crippen molar-refractivity contribution >= 4 is 23.4 Å². The van der Waals surface area contributed by atoms with Crippen LogP contribution in [0.1, 0.15) is 33.9 Å². The molecule has 0 spiro atoms. The van der Waals surface area contributed by atoms with Gasteiger partial charge >= 0.3 is 0 Å². The second-order valence-corrected chi connectivity index (χ2v) is 8.94. The molecule has 2 heterocycles. The number of ether oxygens (including phenoxy) is 1. The summed E-state index contributed by atoms with van der Waals surface area (Å²) in [6, 6.07) is 14.9. The molecule has 3 aromatic rings. The maximum Gasteiger partial charge on any atom is 0.252 e. The summed E-state index contributed by atoms with van der Waals surface area (Å²) in [6.07, 6.45) is 0.612. The van der Waals surface area contributed by atoms with Gasteiger partial charge in [-0.2, -0.15) is 0 Å². The zero-order chi connectivity index (χ0) is 22.1. The number of carbonyl (C=O) groups excluding carboxylic acids is 1. The molecule has 0 fully saturated rings. The molecule has 1 aliphatic heterocycles. The molecule has 0 saturated heterocycles. The van der Waals surface area contributed by atoms with Crippen molar-refractivity contribution in [1.29, 1.82) is 0 Å². The lowest BCUT2D eigenvalue weighted by Gasteiger charge is -2.18. The molecule has 1 atom stereocenters. The molecule has 0 bridgehead atoms. The fourth-order valence-corrected chi connectivity index (χ4v) is 5.23. The normalized spacial score (nSPS) is 14.9. The Morgan fingerprint density at radius 1 is 1.13 bits per heavy atom. The molecule has 1 aromatic heterocycles. The summed E-state index contributed by atoms with van der Waals surface area (Å²) in [5.74, 6) is 0.980. The Labute approximate surface area is 186 Å². The third-order valence-corrected chi connectivity index (χ3v) is 6.99. The Morgan fingerprint density at radius 3 is 2.58 bits per heavy atom. The number of benzene rings is 2. The molecule has 160 valence electrons. The number of nitrogens with one attached hydrogen (secondary N) is 1. The van der Waals surface area contributed by atoms with E-state index in [9.17, 15) is 9.59 Å². The molecule has 31 heavy (non-hydrogen) atoms. The van der Waals surface area contributed by atoms with Gasteiger partial charge in [0.2, 0.25) is 5.91 Å².